The lowest BCUT2D eigenvalue weighted by molar-refractivity contribution is -0.136. The molecule has 17 heavy (non-hydrogen) atoms. The molecule has 5 nitrogen and oxygen atoms in total. The van der Waals surface area contributed by atoms with Gasteiger partial charge in [-0.2, -0.15) is 0 Å². The molecule has 0 spiro atoms. The molecule has 0 aliphatic heterocycles. The van der Waals surface area contributed by atoms with E-state index in [-0.39, 0.29) is 17.1 Å². The molecule has 1 aromatic carbocycles. The Bertz CT molecular complexity index is 610. The Hall–Kier alpha value is -2.37. The summed E-state index contributed by atoms with van der Waals surface area (Å²) >= 11 is 0. The van der Waals surface area contributed by atoms with Crippen LogP contribution in [0.15, 0.2) is 37.9 Å². The van der Waals surface area contributed by atoms with Crippen LogP contribution in [0.25, 0.3) is 11.3 Å². The van der Waals surface area contributed by atoms with Gasteiger partial charge in [0.15, 0.2) is 11.5 Å². The molecule has 6 heteroatoms. The van der Waals surface area contributed by atoms with Crippen molar-refractivity contribution in [1.29, 1.82) is 0 Å². The largest absolute Gasteiger partial charge is 0.519 e. The van der Waals surface area contributed by atoms with E-state index in [1.54, 1.807) is 0 Å². The molecule has 0 atom stereocenters. The molecule has 0 radical (unpaired) electrons. The Morgan fingerprint density at radius 1 is 1.35 bits per heavy atom. The molecule has 0 fully saturated rings. The summed E-state index contributed by atoms with van der Waals surface area (Å²) in [5.74, 6) is -2.90. The van der Waals surface area contributed by atoms with Gasteiger partial charge in [0.2, 0.25) is 0 Å². The quantitative estimate of drug-likeness (QED) is 0.879. The molecule has 0 saturated heterocycles. The predicted octanol–water partition coefficient (Wildman–Crippen LogP) is 1.67. The minimum absolute atomic E-state index is 0.0584. The van der Waals surface area contributed by atoms with Crippen LogP contribution in [0.5, 0.6) is 0 Å². The van der Waals surface area contributed by atoms with E-state index in [1.165, 1.54) is 18.2 Å². The summed E-state index contributed by atoms with van der Waals surface area (Å²) in [7, 11) is 0. The summed E-state index contributed by atoms with van der Waals surface area (Å²) in [5, 5.41) is 8.62. The average Bonchev–Trinajstić information content (AvgIpc) is 2.58. The molecular formula is C11H7FO5. The van der Waals surface area contributed by atoms with Crippen LogP contribution in [0.4, 0.5) is 4.39 Å². The third-order valence-corrected chi connectivity index (χ3v) is 2.04. The first-order valence-corrected chi connectivity index (χ1v) is 4.67. The summed E-state index contributed by atoms with van der Waals surface area (Å²) in [4.78, 5) is 21.5. The van der Waals surface area contributed by atoms with Crippen molar-refractivity contribution in [3.63, 3.8) is 0 Å². The van der Waals surface area contributed by atoms with Crippen molar-refractivity contribution in [3.05, 3.63) is 46.5 Å². The van der Waals surface area contributed by atoms with Crippen molar-refractivity contribution in [2.24, 2.45) is 0 Å². The number of halogens is 1. The number of hydrogen-bond donors (Lipinski definition) is 1. The van der Waals surface area contributed by atoms with E-state index in [0.717, 1.165) is 6.07 Å². The first-order valence-electron chi connectivity index (χ1n) is 4.67. The molecule has 0 aliphatic carbocycles. The van der Waals surface area contributed by atoms with Gasteiger partial charge in [-0.1, -0.05) is 12.1 Å². The Kier molecular flexibility index (Phi) is 2.78. The average molecular weight is 238 g/mol. The highest BCUT2D eigenvalue weighted by molar-refractivity contribution is 5.72. The fraction of sp³-hybridized carbons (Fsp3) is 0.0909. The molecule has 0 unspecified atom stereocenters. The zero-order valence-corrected chi connectivity index (χ0v) is 8.47. The van der Waals surface area contributed by atoms with E-state index in [2.05, 4.69) is 4.42 Å². The van der Waals surface area contributed by atoms with Gasteiger partial charge in [0, 0.05) is 5.56 Å². The monoisotopic (exact) mass is 238 g/mol. The molecule has 0 aliphatic rings. The Morgan fingerprint density at radius 3 is 2.76 bits per heavy atom. The topological polar surface area (TPSA) is 80.6 Å². The van der Waals surface area contributed by atoms with Crippen LogP contribution in [-0.2, 0) is 11.2 Å². The van der Waals surface area contributed by atoms with Crippen molar-refractivity contribution >= 4 is 5.97 Å². The van der Waals surface area contributed by atoms with Gasteiger partial charge in [0.05, 0.1) is 0 Å². The molecule has 2 aromatic rings. The van der Waals surface area contributed by atoms with Crippen molar-refractivity contribution in [2.45, 2.75) is 6.42 Å². The summed E-state index contributed by atoms with van der Waals surface area (Å²) in [6, 6.07) is 5.25. The van der Waals surface area contributed by atoms with E-state index >= 15 is 0 Å². The highest BCUT2D eigenvalue weighted by Gasteiger charge is 2.17. The Morgan fingerprint density at radius 2 is 2.12 bits per heavy atom. The van der Waals surface area contributed by atoms with Crippen molar-refractivity contribution in [1.82, 2.24) is 0 Å². The lowest BCUT2D eigenvalue weighted by Gasteiger charge is -1.97. The lowest BCUT2D eigenvalue weighted by atomic mass is 10.1. The molecule has 1 aromatic heterocycles. The van der Waals surface area contributed by atoms with Gasteiger partial charge in [-0.3, -0.25) is 4.79 Å². The number of aliphatic carboxylic acids is 1. The summed E-state index contributed by atoms with van der Waals surface area (Å²) in [6.07, 6.45) is -0.502. The van der Waals surface area contributed by atoms with E-state index in [1.807, 2.05) is 0 Å². The molecule has 0 saturated carbocycles. The van der Waals surface area contributed by atoms with E-state index < -0.39 is 24.0 Å². The lowest BCUT2D eigenvalue weighted by Crippen LogP contribution is -2.00. The maximum atomic E-state index is 13.0. The number of carboxylic acid groups (broad SMARTS) is 1. The number of rotatable bonds is 3. The van der Waals surface area contributed by atoms with Gasteiger partial charge in [-0.05, 0) is 12.1 Å². The van der Waals surface area contributed by atoms with Crippen LogP contribution in [0.2, 0.25) is 0 Å². The summed E-state index contributed by atoms with van der Waals surface area (Å²) in [5.41, 5.74) is 0.257. The second-order valence-electron chi connectivity index (χ2n) is 3.29. The number of carbonyl (C=O) groups is 1. The third kappa shape index (κ3) is 2.41. The fourth-order valence-electron chi connectivity index (χ4n) is 1.41. The number of benzene rings is 1. The van der Waals surface area contributed by atoms with Crippen LogP contribution in [0.1, 0.15) is 5.76 Å². The standard InChI is InChI=1S/C11H7FO5/c12-7-3-1-2-6(4-7)10-8(5-9(13)14)16-11(15)17-10/h1-4H,5H2,(H,13,14). The van der Waals surface area contributed by atoms with Gasteiger partial charge >= 0.3 is 11.8 Å². The summed E-state index contributed by atoms with van der Waals surface area (Å²) < 4.78 is 22.3. The maximum Gasteiger partial charge on any atom is 0.519 e. The van der Waals surface area contributed by atoms with Gasteiger partial charge < -0.3 is 13.9 Å². The predicted molar refractivity (Wildman–Crippen MR) is 54.0 cm³/mol. The highest BCUT2D eigenvalue weighted by Crippen LogP contribution is 2.23. The van der Waals surface area contributed by atoms with E-state index in [9.17, 15) is 14.0 Å². The van der Waals surface area contributed by atoms with Gasteiger partial charge in [0.1, 0.15) is 12.2 Å². The number of carboxylic acids is 1. The van der Waals surface area contributed by atoms with Gasteiger partial charge in [-0.15, -0.1) is 0 Å². The molecule has 0 bridgehead atoms. The van der Waals surface area contributed by atoms with Crippen LogP contribution in [-0.4, -0.2) is 11.1 Å². The molecular weight excluding hydrogens is 231 g/mol. The van der Waals surface area contributed by atoms with Crippen molar-refractivity contribution in [3.8, 4) is 11.3 Å². The van der Waals surface area contributed by atoms with Gasteiger partial charge in [0.25, 0.3) is 0 Å². The molecule has 88 valence electrons. The van der Waals surface area contributed by atoms with Crippen LogP contribution >= 0.6 is 0 Å². The first-order chi connectivity index (χ1) is 8.06. The fourth-order valence-corrected chi connectivity index (χ4v) is 1.41. The van der Waals surface area contributed by atoms with E-state index in [4.69, 9.17) is 9.52 Å². The zero-order chi connectivity index (χ0) is 12.4. The molecule has 1 N–H and O–H groups in total. The minimum Gasteiger partial charge on any atom is -0.481 e. The van der Waals surface area contributed by atoms with Crippen LogP contribution < -0.4 is 5.82 Å². The molecule has 1 heterocycles. The number of hydrogen-bond acceptors (Lipinski definition) is 4. The minimum atomic E-state index is -1.17. The van der Waals surface area contributed by atoms with Crippen LogP contribution in [0, 0.1) is 5.82 Å². The molecule has 2 rings (SSSR count). The zero-order valence-electron chi connectivity index (χ0n) is 8.47. The second-order valence-corrected chi connectivity index (χ2v) is 3.29. The first kappa shape index (κ1) is 11.1. The molecule has 0 amide bonds. The Labute approximate surface area is 94.1 Å². The van der Waals surface area contributed by atoms with E-state index in [0.29, 0.717) is 0 Å². The van der Waals surface area contributed by atoms with Gasteiger partial charge in [-0.25, -0.2) is 9.18 Å². The highest BCUT2D eigenvalue weighted by atomic mass is 19.1. The Balaban J connectivity index is 2.51. The van der Waals surface area contributed by atoms with Crippen molar-refractivity contribution < 1.29 is 23.1 Å². The smallest absolute Gasteiger partial charge is 0.481 e. The maximum absolute atomic E-state index is 13.0. The summed E-state index contributed by atoms with van der Waals surface area (Å²) in [6.45, 7) is 0. The van der Waals surface area contributed by atoms with Crippen LogP contribution in [0.3, 0.4) is 0 Å². The second kappa shape index (κ2) is 4.25. The SMILES string of the molecule is O=C(O)Cc1oc(=O)oc1-c1cccc(F)c1. The third-order valence-electron chi connectivity index (χ3n) is 2.04. The normalized spacial score (nSPS) is 10.4. The van der Waals surface area contributed by atoms with Crippen molar-refractivity contribution in [2.75, 3.05) is 0 Å².